The van der Waals surface area contributed by atoms with Crippen LogP contribution < -0.4 is 10.5 Å². The Morgan fingerprint density at radius 2 is 2.11 bits per heavy atom. The third-order valence-electron chi connectivity index (χ3n) is 3.99. The number of thioether (sulfide) groups is 1. The molecule has 6 nitrogen and oxygen atoms in total. The van der Waals surface area contributed by atoms with Crippen LogP contribution in [0.15, 0.2) is 44.5 Å². The number of aliphatic hydroxyl groups excluding tert-OH is 1. The number of aromatic amines is 1. The van der Waals surface area contributed by atoms with E-state index in [2.05, 4.69) is 9.98 Å². The summed E-state index contributed by atoms with van der Waals surface area (Å²) in [5, 5.41) is 12.1. The second-order valence-electron chi connectivity index (χ2n) is 6.03. The minimum atomic E-state index is -0.678. The Bertz CT molecular complexity index is 1090. The number of oxazole rings is 1. The van der Waals surface area contributed by atoms with Crippen LogP contribution in [0.4, 0.5) is 5.69 Å². The van der Waals surface area contributed by atoms with Gasteiger partial charge in [0.1, 0.15) is 12.4 Å². The summed E-state index contributed by atoms with van der Waals surface area (Å²) in [5.74, 6) is 0.444. The van der Waals surface area contributed by atoms with Gasteiger partial charge in [-0.25, -0.2) is 9.79 Å². The van der Waals surface area contributed by atoms with Crippen molar-refractivity contribution in [3.05, 3.63) is 56.5 Å². The molecule has 0 fully saturated rings. The molecule has 0 spiro atoms. The van der Waals surface area contributed by atoms with Gasteiger partial charge in [-0.1, -0.05) is 23.2 Å². The first kappa shape index (κ1) is 18.4. The Balaban J connectivity index is 1.30. The molecule has 0 amide bonds. The molecule has 2 N–H and O–H groups in total. The summed E-state index contributed by atoms with van der Waals surface area (Å²) in [4.78, 5) is 18.2. The zero-order valence-corrected chi connectivity index (χ0v) is 16.2. The Morgan fingerprint density at radius 3 is 2.96 bits per heavy atom. The van der Waals surface area contributed by atoms with Crippen molar-refractivity contribution in [3.8, 4) is 5.75 Å². The standard InChI is InChI=1S/C18H14Cl2N2O4S/c19-12-3-9-4-17(21-15(9)6-13(12)20)27-8-10(23)7-25-11-1-2-14-16(5-11)26-18(24)22-14/h1-3,5-6,10,23H,4,7-8H2,(H,22,24)/t10-/m1/s1. The first-order valence-electron chi connectivity index (χ1n) is 8.10. The Hall–Kier alpha value is -1.93. The monoisotopic (exact) mass is 424 g/mol. The lowest BCUT2D eigenvalue weighted by Gasteiger charge is -2.12. The van der Waals surface area contributed by atoms with E-state index in [1.54, 1.807) is 24.3 Å². The molecule has 4 rings (SSSR count). The number of halogens is 2. The van der Waals surface area contributed by atoms with Crippen LogP contribution in [-0.2, 0) is 6.42 Å². The predicted octanol–water partition coefficient (Wildman–Crippen LogP) is 4.19. The highest BCUT2D eigenvalue weighted by Gasteiger charge is 2.18. The summed E-state index contributed by atoms with van der Waals surface area (Å²) in [6, 6.07) is 8.59. The number of ether oxygens (including phenoxy) is 1. The molecule has 0 bridgehead atoms. The number of hydrogen-bond donors (Lipinski definition) is 2. The van der Waals surface area contributed by atoms with Crippen molar-refractivity contribution >= 4 is 56.8 Å². The van der Waals surface area contributed by atoms with Crippen molar-refractivity contribution in [3.63, 3.8) is 0 Å². The molecule has 3 aromatic rings. The number of rotatable bonds is 5. The number of aliphatic imine (C=N–C) groups is 1. The number of hydrogen-bond acceptors (Lipinski definition) is 6. The molecule has 0 unspecified atom stereocenters. The van der Waals surface area contributed by atoms with Crippen molar-refractivity contribution in [2.75, 3.05) is 12.4 Å². The lowest BCUT2D eigenvalue weighted by atomic mass is 10.1. The fraction of sp³-hybridized carbons (Fsp3) is 0.222. The van der Waals surface area contributed by atoms with E-state index in [4.69, 9.17) is 32.4 Å². The summed E-state index contributed by atoms with van der Waals surface area (Å²) in [6.45, 7) is 0.116. The van der Waals surface area contributed by atoms with Crippen LogP contribution in [0.1, 0.15) is 5.56 Å². The maximum absolute atomic E-state index is 11.2. The minimum absolute atomic E-state index is 0.116. The molecule has 27 heavy (non-hydrogen) atoms. The molecule has 0 radical (unpaired) electrons. The number of aliphatic hydroxyl groups is 1. The van der Waals surface area contributed by atoms with Gasteiger partial charge >= 0.3 is 5.76 Å². The highest BCUT2D eigenvalue weighted by Crippen LogP contribution is 2.36. The van der Waals surface area contributed by atoms with Crippen molar-refractivity contribution in [1.29, 1.82) is 0 Å². The molecule has 0 saturated heterocycles. The lowest BCUT2D eigenvalue weighted by Crippen LogP contribution is -2.21. The van der Waals surface area contributed by atoms with Gasteiger partial charge < -0.3 is 14.3 Å². The van der Waals surface area contributed by atoms with Gasteiger partial charge in [-0.05, 0) is 29.8 Å². The van der Waals surface area contributed by atoms with E-state index in [0.717, 1.165) is 16.3 Å². The van der Waals surface area contributed by atoms with Gasteiger partial charge in [0.15, 0.2) is 5.58 Å². The molecule has 1 aliphatic heterocycles. The minimum Gasteiger partial charge on any atom is -0.491 e. The SMILES string of the molecule is O=c1[nH]c2ccc(OC[C@@H](O)CSC3=Nc4cc(Cl)c(Cl)cc4C3)cc2o1. The Morgan fingerprint density at radius 1 is 1.30 bits per heavy atom. The molecule has 1 atom stereocenters. The summed E-state index contributed by atoms with van der Waals surface area (Å²) in [5.41, 5.74) is 2.86. The fourth-order valence-corrected chi connectivity index (χ4v) is 3.94. The highest BCUT2D eigenvalue weighted by atomic mass is 35.5. The first-order valence-corrected chi connectivity index (χ1v) is 9.84. The quantitative estimate of drug-likeness (QED) is 0.640. The van der Waals surface area contributed by atoms with E-state index in [-0.39, 0.29) is 6.61 Å². The number of fused-ring (bicyclic) bond motifs is 2. The third-order valence-corrected chi connectivity index (χ3v) is 5.83. The Kier molecular flexibility index (Phi) is 5.19. The summed E-state index contributed by atoms with van der Waals surface area (Å²) in [6.07, 6.45) is -0.00396. The van der Waals surface area contributed by atoms with E-state index >= 15 is 0 Å². The van der Waals surface area contributed by atoms with Crippen LogP contribution in [-0.4, -0.2) is 33.6 Å². The van der Waals surface area contributed by atoms with E-state index in [1.165, 1.54) is 11.8 Å². The number of nitrogens with zero attached hydrogens (tertiary/aromatic N) is 1. The molecule has 0 saturated carbocycles. The lowest BCUT2D eigenvalue weighted by molar-refractivity contribution is 0.126. The number of aromatic nitrogens is 1. The first-order chi connectivity index (χ1) is 13.0. The highest BCUT2D eigenvalue weighted by molar-refractivity contribution is 8.14. The average Bonchev–Trinajstić information content (AvgIpc) is 3.19. The van der Waals surface area contributed by atoms with Gasteiger partial charge in [0.2, 0.25) is 0 Å². The van der Waals surface area contributed by atoms with Gasteiger partial charge in [-0.3, -0.25) is 4.98 Å². The summed E-state index contributed by atoms with van der Waals surface area (Å²) >= 11 is 13.5. The molecule has 1 aliphatic rings. The van der Waals surface area contributed by atoms with Gasteiger partial charge in [0.05, 0.1) is 32.4 Å². The summed E-state index contributed by atoms with van der Waals surface area (Å²) < 4.78 is 10.6. The maximum Gasteiger partial charge on any atom is 0.417 e. The van der Waals surface area contributed by atoms with Crippen molar-refractivity contribution in [2.24, 2.45) is 4.99 Å². The molecular formula is C18H14Cl2N2O4S. The zero-order chi connectivity index (χ0) is 19.0. The number of benzene rings is 2. The van der Waals surface area contributed by atoms with E-state index in [1.807, 2.05) is 6.07 Å². The molecule has 140 valence electrons. The smallest absolute Gasteiger partial charge is 0.417 e. The van der Waals surface area contributed by atoms with Crippen LogP contribution in [0.5, 0.6) is 5.75 Å². The average molecular weight is 425 g/mol. The molecule has 2 heterocycles. The summed E-state index contributed by atoms with van der Waals surface area (Å²) in [7, 11) is 0. The number of nitrogens with one attached hydrogen (secondary N) is 1. The van der Waals surface area contributed by atoms with Gasteiger partial charge in [-0.2, -0.15) is 0 Å². The van der Waals surface area contributed by atoms with Gasteiger partial charge in [0, 0.05) is 18.2 Å². The normalized spacial score (nSPS) is 14.3. The topological polar surface area (TPSA) is 87.8 Å². The van der Waals surface area contributed by atoms with Crippen molar-refractivity contribution < 1.29 is 14.3 Å². The van der Waals surface area contributed by atoms with Crippen LogP contribution >= 0.6 is 35.0 Å². The van der Waals surface area contributed by atoms with E-state index in [0.29, 0.717) is 39.1 Å². The molecule has 9 heteroatoms. The second-order valence-corrected chi connectivity index (χ2v) is 7.93. The maximum atomic E-state index is 11.2. The molecule has 1 aromatic heterocycles. The van der Waals surface area contributed by atoms with Crippen LogP contribution in [0.2, 0.25) is 10.0 Å². The molecule has 0 aliphatic carbocycles. The van der Waals surface area contributed by atoms with Gasteiger partial charge in [-0.15, -0.1) is 11.8 Å². The fourth-order valence-electron chi connectivity index (χ4n) is 2.69. The molecule has 2 aromatic carbocycles. The van der Waals surface area contributed by atoms with Crippen molar-refractivity contribution in [2.45, 2.75) is 12.5 Å². The Labute approximate surface area is 168 Å². The van der Waals surface area contributed by atoms with E-state index in [9.17, 15) is 9.90 Å². The zero-order valence-electron chi connectivity index (χ0n) is 13.9. The third kappa shape index (κ3) is 4.16. The second kappa shape index (κ2) is 7.59. The van der Waals surface area contributed by atoms with Gasteiger partial charge in [0.25, 0.3) is 0 Å². The van der Waals surface area contributed by atoms with Crippen molar-refractivity contribution in [1.82, 2.24) is 4.98 Å². The van der Waals surface area contributed by atoms with Crippen LogP contribution in [0.3, 0.4) is 0 Å². The van der Waals surface area contributed by atoms with Crippen LogP contribution in [0.25, 0.3) is 11.1 Å². The van der Waals surface area contributed by atoms with E-state index < -0.39 is 11.9 Å². The predicted molar refractivity (Wildman–Crippen MR) is 108 cm³/mol. The molecular weight excluding hydrogens is 411 g/mol. The van der Waals surface area contributed by atoms with Crippen LogP contribution in [0, 0.1) is 0 Å². The largest absolute Gasteiger partial charge is 0.491 e. The number of H-pyrrole nitrogens is 1.